The van der Waals surface area contributed by atoms with E-state index in [4.69, 9.17) is 14.8 Å². The van der Waals surface area contributed by atoms with E-state index in [1.807, 2.05) is 36.1 Å². The zero-order chi connectivity index (χ0) is 21.0. The van der Waals surface area contributed by atoms with E-state index >= 15 is 0 Å². The molecule has 0 aliphatic carbocycles. The van der Waals surface area contributed by atoms with Gasteiger partial charge in [-0.05, 0) is 30.2 Å². The van der Waals surface area contributed by atoms with Crippen molar-refractivity contribution in [2.45, 2.75) is 6.92 Å². The van der Waals surface area contributed by atoms with Crippen LogP contribution in [0.3, 0.4) is 0 Å². The molecule has 0 radical (unpaired) electrons. The van der Waals surface area contributed by atoms with Gasteiger partial charge in [0, 0.05) is 55.9 Å². The second kappa shape index (κ2) is 8.83. The van der Waals surface area contributed by atoms with Crippen molar-refractivity contribution in [2.24, 2.45) is 0 Å². The van der Waals surface area contributed by atoms with Gasteiger partial charge < -0.3 is 10.1 Å². The minimum Gasteiger partial charge on any atom is -0.379 e. The molecule has 31 heavy (non-hydrogen) atoms. The molecule has 158 valence electrons. The summed E-state index contributed by atoms with van der Waals surface area (Å²) in [6.45, 7) is 7.33. The van der Waals surface area contributed by atoms with Crippen LogP contribution in [0.2, 0.25) is 0 Å². The number of anilines is 1. The van der Waals surface area contributed by atoms with Gasteiger partial charge >= 0.3 is 0 Å². The molecule has 7 heteroatoms. The lowest BCUT2D eigenvalue weighted by atomic mass is 10.1. The Balaban J connectivity index is 1.52. The third kappa shape index (κ3) is 4.28. The van der Waals surface area contributed by atoms with E-state index in [1.54, 1.807) is 0 Å². The zero-order valence-corrected chi connectivity index (χ0v) is 17.7. The average Bonchev–Trinajstić information content (AvgIpc) is 3.25. The fraction of sp³-hybridized carbons (Fsp3) is 0.292. The molecule has 0 spiro atoms. The van der Waals surface area contributed by atoms with Crippen molar-refractivity contribution in [3.63, 3.8) is 0 Å². The monoisotopic (exact) mass is 414 g/mol. The number of aromatic nitrogens is 4. The van der Waals surface area contributed by atoms with Crippen molar-refractivity contribution in [1.82, 2.24) is 24.5 Å². The molecule has 0 unspecified atom stereocenters. The van der Waals surface area contributed by atoms with Crippen LogP contribution in [-0.2, 0) is 4.74 Å². The number of nitrogens with one attached hydrogen (secondary N) is 1. The van der Waals surface area contributed by atoms with Gasteiger partial charge in [-0.3, -0.25) is 9.88 Å². The maximum Gasteiger partial charge on any atom is 0.183 e. The van der Waals surface area contributed by atoms with Crippen molar-refractivity contribution in [2.75, 3.05) is 44.7 Å². The van der Waals surface area contributed by atoms with E-state index in [0.29, 0.717) is 5.82 Å². The Morgan fingerprint density at radius 1 is 1.03 bits per heavy atom. The van der Waals surface area contributed by atoms with Gasteiger partial charge in [-0.15, -0.1) is 5.10 Å². The van der Waals surface area contributed by atoms with Gasteiger partial charge in [0.05, 0.1) is 13.2 Å². The van der Waals surface area contributed by atoms with E-state index in [2.05, 4.69) is 51.6 Å². The third-order valence-corrected chi connectivity index (χ3v) is 5.55. The summed E-state index contributed by atoms with van der Waals surface area (Å²) in [7, 11) is 0. The maximum atomic E-state index is 5.46. The minimum atomic E-state index is 0.660. The number of fused-ring (bicyclic) bond motifs is 1. The molecule has 0 atom stereocenters. The molecule has 1 aliphatic heterocycles. The number of ether oxygens (including phenoxy) is 1. The summed E-state index contributed by atoms with van der Waals surface area (Å²) >= 11 is 0. The summed E-state index contributed by atoms with van der Waals surface area (Å²) in [4.78, 5) is 11.7. The smallest absolute Gasteiger partial charge is 0.183 e. The van der Waals surface area contributed by atoms with E-state index in [-0.39, 0.29) is 0 Å². The van der Waals surface area contributed by atoms with Gasteiger partial charge in [0.2, 0.25) is 0 Å². The van der Waals surface area contributed by atoms with Crippen LogP contribution in [0.25, 0.3) is 28.0 Å². The highest BCUT2D eigenvalue weighted by atomic mass is 16.5. The lowest BCUT2D eigenvalue weighted by Crippen LogP contribution is -2.39. The highest BCUT2D eigenvalue weighted by molar-refractivity contribution is 5.89. The van der Waals surface area contributed by atoms with Crippen LogP contribution in [-0.4, -0.2) is 63.9 Å². The second-order valence-corrected chi connectivity index (χ2v) is 7.80. The first kappa shape index (κ1) is 19.7. The largest absolute Gasteiger partial charge is 0.379 e. The predicted molar refractivity (Wildman–Crippen MR) is 122 cm³/mol. The molecule has 0 saturated carbocycles. The van der Waals surface area contributed by atoms with Crippen LogP contribution in [0.5, 0.6) is 0 Å². The summed E-state index contributed by atoms with van der Waals surface area (Å²) < 4.78 is 7.38. The van der Waals surface area contributed by atoms with Gasteiger partial charge in [0.1, 0.15) is 5.52 Å². The standard InChI is InChI=1S/C24H26N6O/c1-18-15-20(17-25-16-18)23-27-24(26-8-10-29-11-13-31-14-12-29)22-21(7-9-30(22)28-23)19-5-3-2-4-6-19/h2-7,9,15-17H,8,10-14H2,1H3,(H,26,27,28). The van der Waals surface area contributed by atoms with E-state index < -0.39 is 0 Å². The molecule has 7 nitrogen and oxygen atoms in total. The van der Waals surface area contributed by atoms with Crippen LogP contribution >= 0.6 is 0 Å². The highest BCUT2D eigenvalue weighted by Gasteiger charge is 2.16. The molecule has 4 heterocycles. The second-order valence-electron chi connectivity index (χ2n) is 7.80. The number of morpholine rings is 1. The molecule has 5 rings (SSSR count). The first-order chi connectivity index (χ1) is 15.3. The van der Waals surface area contributed by atoms with Crippen LogP contribution in [0.15, 0.2) is 61.1 Å². The summed E-state index contributed by atoms with van der Waals surface area (Å²) in [5, 5.41) is 8.37. The Morgan fingerprint density at radius 3 is 2.68 bits per heavy atom. The van der Waals surface area contributed by atoms with Crippen LogP contribution in [0.1, 0.15) is 5.56 Å². The van der Waals surface area contributed by atoms with Gasteiger partial charge in [-0.1, -0.05) is 30.3 Å². The van der Waals surface area contributed by atoms with Crippen LogP contribution < -0.4 is 5.32 Å². The van der Waals surface area contributed by atoms with E-state index in [0.717, 1.165) is 73.0 Å². The maximum absolute atomic E-state index is 5.46. The Labute approximate surface area is 181 Å². The summed E-state index contributed by atoms with van der Waals surface area (Å²) in [5.41, 5.74) is 5.24. The van der Waals surface area contributed by atoms with Crippen molar-refractivity contribution < 1.29 is 4.74 Å². The van der Waals surface area contributed by atoms with E-state index in [1.165, 1.54) is 0 Å². The van der Waals surface area contributed by atoms with Crippen LogP contribution in [0, 0.1) is 6.92 Å². The number of pyridine rings is 1. The van der Waals surface area contributed by atoms with Gasteiger partial charge in [-0.25, -0.2) is 9.50 Å². The molecular weight excluding hydrogens is 388 g/mol. The summed E-state index contributed by atoms with van der Waals surface area (Å²) in [6, 6.07) is 14.5. The molecule has 3 aromatic heterocycles. The third-order valence-electron chi connectivity index (χ3n) is 5.55. The first-order valence-corrected chi connectivity index (χ1v) is 10.7. The van der Waals surface area contributed by atoms with Crippen molar-refractivity contribution in [3.8, 4) is 22.5 Å². The molecule has 1 aromatic carbocycles. The summed E-state index contributed by atoms with van der Waals surface area (Å²) in [6.07, 6.45) is 5.65. The number of aryl methyl sites for hydroxylation is 1. The number of benzene rings is 1. The highest BCUT2D eigenvalue weighted by Crippen LogP contribution is 2.31. The normalized spacial score (nSPS) is 14.7. The quantitative estimate of drug-likeness (QED) is 0.521. The number of hydrogen-bond donors (Lipinski definition) is 1. The molecule has 0 amide bonds. The molecule has 1 saturated heterocycles. The number of rotatable bonds is 6. The van der Waals surface area contributed by atoms with Crippen molar-refractivity contribution in [3.05, 3.63) is 66.6 Å². The topological polar surface area (TPSA) is 67.6 Å². The Bertz CT molecular complexity index is 1170. The Hall–Kier alpha value is -3.29. The lowest BCUT2D eigenvalue weighted by Gasteiger charge is -2.26. The van der Waals surface area contributed by atoms with E-state index in [9.17, 15) is 0 Å². The molecule has 1 N–H and O–H groups in total. The Kier molecular flexibility index (Phi) is 5.60. The molecule has 1 fully saturated rings. The minimum absolute atomic E-state index is 0.660. The van der Waals surface area contributed by atoms with Crippen molar-refractivity contribution >= 4 is 11.3 Å². The SMILES string of the molecule is Cc1cncc(-c2nc(NCCN3CCOCC3)c3c(-c4ccccc4)ccn3n2)c1. The average molecular weight is 415 g/mol. The zero-order valence-electron chi connectivity index (χ0n) is 17.7. The van der Waals surface area contributed by atoms with Crippen LogP contribution in [0.4, 0.5) is 5.82 Å². The Morgan fingerprint density at radius 2 is 1.87 bits per heavy atom. The first-order valence-electron chi connectivity index (χ1n) is 10.7. The fourth-order valence-electron chi connectivity index (χ4n) is 3.96. The number of hydrogen-bond acceptors (Lipinski definition) is 6. The lowest BCUT2D eigenvalue weighted by molar-refractivity contribution is 0.0398. The predicted octanol–water partition coefficient (Wildman–Crippen LogP) is 3.51. The molecular formula is C24H26N6O. The fourth-order valence-corrected chi connectivity index (χ4v) is 3.96. The molecule has 0 bridgehead atoms. The molecule has 1 aliphatic rings. The van der Waals surface area contributed by atoms with Gasteiger partial charge in [0.15, 0.2) is 11.6 Å². The van der Waals surface area contributed by atoms with Gasteiger partial charge in [0.25, 0.3) is 0 Å². The summed E-state index contributed by atoms with van der Waals surface area (Å²) in [5.74, 6) is 1.50. The number of nitrogens with zero attached hydrogens (tertiary/aromatic N) is 5. The van der Waals surface area contributed by atoms with Crippen molar-refractivity contribution in [1.29, 1.82) is 0 Å². The molecule has 4 aromatic rings. The van der Waals surface area contributed by atoms with Gasteiger partial charge in [-0.2, -0.15) is 0 Å².